The first kappa shape index (κ1) is 10.7. The van der Waals surface area contributed by atoms with Gasteiger partial charge in [0, 0.05) is 25.4 Å². The minimum atomic E-state index is 0.208. The van der Waals surface area contributed by atoms with Crippen molar-refractivity contribution in [3.05, 3.63) is 30.5 Å². The van der Waals surface area contributed by atoms with Gasteiger partial charge in [-0.2, -0.15) is 0 Å². The number of nitrogens with zero attached hydrogens (tertiary/aromatic N) is 1. The standard InChI is InChI=1S/C13H15NO2/c1-10(15)7-8-14(2)12-9-16-13-6-4-3-5-11(12)13/h3-6,9H,7-8H2,1-2H3. The smallest absolute Gasteiger partial charge is 0.136 e. The van der Waals surface area contributed by atoms with Crippen LogP contribution in [0.25, 0.3) is 11.0 Å². The van der Waals surface area contributed by atoms with Crippen LogP contribution >= 0.6 is 0 Å². The van der Waals surface area contributed by atoms with Crippen LogP contribution in [-0.4, -0.2) is 19.4 Å². The molecule has 0 bridgehead atoms. The van der Waals surface area contributed by atoms with Crippen molar-refractivity contribution in [2.75, 3.05) is 18.5 Å². The van der Waals surface area contributed by atoms with E-state index in [1.807, 2.05) is 36.2 Å². The van der Waals surface area contributed by atoms with Crippen LogP contribution in [0.4, 0.5) is 5.69 Å². The van der Waals surface area contributed by atoms with Crippen LogP contribution in [-0.2, 0) is 4.79 Å². The van der Waals surface area contributed by atoms with Gasteiger partial charge in [0.05, 0.1) is 5.69 Å². The van der Waals surface area contributed by atoms with Crippen LogP contribution in [0.1, 0.15) is 13.3 Å². The lowest BCUT2D eigenvalue weighted by Gasteiger charge is -2.16. The summed E-state index contributed by atoms with van der Waals surface area (Å²) in [5.41, 5.74) is 1.92. The predicted molar refractivity (Wildman–Crippen MR) is 64.8 cm³/mol. The second-order valence-corrected chi connectivity index (χ2v) is 3.99. The van der Waals surface area contributed by atoms with E-state index in [2.05, 4.69) is 0 Å². The van der Waals surface area contributed by atoms with Gasteiger partial charge in [-0.05, 0) is 19.1 Å². The number of carbonyl (C=O) groups is 1. The van der Waals surface area contributed by atoms with Crippen LogP contribution < -0.4 is 4.90 Å². The molecule has 0 aliphatic carbocycles. The van der Waals surface area contributed by atoms with Gasteiger partial charge in [-0.1, -0.05) is 12.1 Å². The van der Waals surface area contributed by atoms with E-state index in [9.17, 15) is 4.79 Å². The lowest BCUT2D eigenvalue weighted by Crippen LogP contribution is -2.19. The molecule has 0 aliphatic rings. The third kappa shape index (κ3) is 2.08. The van der Waals surface area contributed by atoms with Gasteiger partial charge in [0.25, 0.3) is 0 Å². The van der Waals surface area contributed by atoms with Crippen molar-refractivity contribution in [3.8, 4) is 0 Å². The number of para-hydroxylation sites is 1. The van der Waals surface area contributed by atoms with E-state index in [4.69, 9.17) is 4.42 Å². The molecule has 16 heavy (non-hydrogen) atoms. The summed E-state index contributed by atoms with van der Waals surface area (Å²) in [7, 11) is 1.97. The Morgan fingerprint density at radius 2 is 2.12 bits per heavy atom. The molecule has 3 nitrogen and oxygen atoms in total. The molecule has 0 aliphatic heterocycles. The molecule has 0 radical (unpaired) electrons. The lowest BCUT2D eigenvalue weighted by atomic mass is 10.2. The van der Waals surface area contributed by atoms with E-state index in [1.54, 1.807) is 13.2 Å². The molecule has 2 aromatic rings. The molecule has 1 aromatic heterocycles. The zero-order valence-corrected chi connectivity index (χ0v) is 9.56. The van der Waals surface area contributed by atoms with E-state index in [-0.39, 0.29) is 5.78 Å². The molecule has 0 N–H and O–H groups in total. The summed E-state index contributed by atoms with van der Waals surface area (Å²) in [6.45, 7) is 2.33. The van der Waals surface area contributed by atoms with Crippen LogP contribution in [0.3, 0.4) is 0 Å². The summed E-state index contributed by atoms with van der Waals surface area (Å²) < 4.78 is 5.45. The molecule has 0 amide bonds. The molecule has 0 spiro atoms. The zero-order valence-electron chi connectivity index (χ0n) is 9.56. The molecule has 3 heteroatoms. The second kappa shape index (κ2) is 4.39. The number of Topliss-reactive ketones (excluding diaryl/α,β-unsaturated/α-hetero) is 1. The van der Waals surface area contributed by atoms with Gasteiger partial charge >= 0.3 is 0 Å². The van der Waals surface area contributed by atoms with E-state index >= 15 is 0 Å². The van der Waals surface area contributed by atoms with Crippen LogP contribution in [0.2, 0.25) is 0 Å². The first-order chi connectivity index (χ1) is 7.68. The first-order valence-corrected chi connectivity index (χ1v) is 5.35. The molecule has 0 saturated heterocycles. The summed E-state index contributed by atoms with van der Waals surface area (Å²) in [5.74, 6) is 0.208. The summed E-state index contributed by atoms with van der Waals surface area (Å²) in [6, 6.07) is 7.90. The third-order valence-electron chi connectivity index (χ3n) is 2.67. The number of carbonyl (C=O) groups excluding carboxylic acids is 1. The number of rotatable bonds is 4. The van der Waals surface area contributed by atoms with Crippen molar-refractivity contribution in [2.45, 2.75) is 13.3 Å². The molecule has 2 rings (SSSR count). The highest BCUT2D eigenvalue weighted by Gasteiger charge is 2.09. The molecule has 1 heterocycles. The average Bonchev–Trinajstić information content (AvgIpc) is 2.69. The number of fused-ring (bicyclic) bond motifs is 1. The molecular formula is C13H15NO2. The van der Waals surface area contributed by atoms with Crippen molar-refractivity contribution in [1.29, 1.82) is 0 Å². The van der Waals surface area contributed by atoms with Crippen LogP contribution in [0.15, 0.2) is 34.9 Å². The Kier molecular flexibility index (Phi) is 2.95. The minimum absolute atomic E-state index is 0.208. The maximum Gasteiger partial charge on any atom is 0.136 e. The highest BCUT2D eigenvalue weighted by Crippen LogP contribution is 2.27. The molecule has 1 aromatic carbocycles. The van der Waals surface area contributed by atoms with Crippen molar-refractivity contribution in [1.82, 2.24) is 0 Å². The second-order valence-electron chi connectivity index (χ2n) is 3.99. The first-order valence-electron chi connectivity index (χ1n) is 5.35. The maximum absolute atomic E-state index is 10.9. The Morgan fingerprint density at radius 1 is 1.38 bits per heavy atom. The predicted octanol–water partition coefficient (Wildman–Crippen LogP) is 2.85. The Balaban J connectivity index is 2.22. The highest BCUT2D eigenvalue weighted by atomic mass is 16.3. The van der Waals surface area contributed by atoms with Crippen molar-refractivity contribution >= 4 is 22.4 Å². The number of benzene rings is 1. The molecule has 0 fully saturated rings. The van der Waals surface area contributed by atoms with Crippen molar-refractivity contribution in [3.63, 3.8) is 0 Å². The third-order valence-corrected chi connectivity index (χ3v) is 2.67. The average molecular weight is 217 g/mol. The van der Waals surface area contributed by atoms with Gasteiger partial charge in [0.15, 0.2) is 0 Å². The van der Waals surface area contributed by atoms with Crippen molar-refractivity contribution in [2.24, 2.45) is 0 Å². The van der Waals surface area contributed by atoms with E-state index in [1.165, 1.54) is 0 Å². The minimum Gasteiger partial charge on any atom is -0.462 e. The fourth-order valence-electron chi connectivity index (χ4n) is 1.70. The zero-order chi connectivity index (χ0) is 11.5. The maximum atomic E-state index is 10.9. The quantitative estimate of drug-likeness (QED) is 0.789. The van der Waals surface area contributed by atoms with Gasteiger partial charge in [0.2, 0.25) is 0 Å². The van der Waals surface area contributed by atoms with Crippen LogP contribution in [0, 0.1) is 0 Å². The van der Waals surface area contributed by atoms with Gasteiger partial charge in [-0.15, -0.1) is 0 Å². The number of hydrogen-bond acceptors (Lipinski definition) is 3. The summed E-state index contributed by atoms with van der Waals surface area (Å²) >= 11 is 0. The lowest BCUT2D eigenvalue weighted by molar-refractivity contribution is -0.116. The van der Waals surface area contributed by atoms with E-state index in [0.717, 1.165) is 23.2 Å². The SMILES string of the molecule is CC(=O)CCN(C)c1coc2ccccc12. The number of anilines is 1. The molecule has 84 valence electrons. The topological polar surface area (TPSA) is 33.5 Å². The van der Waals surface area contributed by atoms with Crippen LogP contribution in [0.5, 0.6) is 0 Å². The van der Waals surface area contributed by atoms with Gasteiger partial charge in [-0.3, -0.25) is 4.79 Å². The normalized spacial score (nSPS) is 10.6. The Morgan fingerprint density at radius 3 is 2.88 bits per heavy atom. The number of ketones is 1. The summed E-state index contributed by atoms with van der Waals surface area (Å²) in [6.07, 6.45) is 2.31. The number of hydrogen-bond donors (Lipinski definition) is 0. The Labute approximate surface area is 94.7 Å². The Hall–Kier alpha value is -1.77. The van der Waals surface area contributed by atoms with Gasteiger partial charge in [0.1, 0.15) is 17.6 Å². The molecule has 0 saturated carbocycles. The monoisotopic (exact) mass is 217 g/mol. The molecule has 0 unspecified atom stereocenters. The highest BCUT2D eigenvalue weighted by molar-refractivity contribution is 5.91. The Bertz CT molecular complexity index is 501. The van der Waals surface area contributed by atoms with Crippen molar-refractivity contribution < 1.29 is 9.21 Å². The fourth-order valence-corrected chi connectivity index (χ4v) is 1.70. The van der Waals surface area contributed by atoms with E-state index < -0.39 is 0 Å². The summed E-state index contributed by atoms with van der Waals surface area (Å²) in [4.78, 5) is 13.0. The fraction of sp³-hybridized carbons (Fsp3) is 0.308. The molecule has 0 atom stereocenters. The molecular weight excluding hydrogens is 202 g/mol. The van der Waals surface area contributed by atoms with Gasteiger partial charge < -0.3 is 9.32 Å². The van der Waals surface area contributed by atoms with E-state index in [0.29, 0.717) is 6.42 Å². The summed E-state index contributed by atoms with van der Waals surface area (Å²) in [5, 5.41) is 1.09. The van der Waals surface area contributed by atoms with Gasteiger partial charge in [-0.25, -0.2) is 0 Å². The largest absolute Gasteiger partial charge is 0.462 e. The number of furan rings is 1.